The monoisotopic (exact) mass is 473 g/mol. The van der Waals surface area contributed by atoms with Crippen molar-refractivity contribution >= 4 is 33.1 Å². The highest BCUT2D eigenvalue weighted by molar-refractivity contribution is 7.18. The van der Waals surface area contributed by atoms with E-state index in [1.807, 2.05) is 43.3 Å². The molecule has 10 heteroatoms. The summed E-state index contributed by atoms with van der Waals surface area (Å²) in [6.45, 7) is -0.125. The predicted molar refractivity (Wildman–Crippen MR) is 124 cm³/mol. The van der Waals surface area contributed by atoms with E-state index in [4.69, 9.17) is 4.74 Å². The molecule has 5 atom stereocenters. The molecule has 0 unspecified atom stereocenters. The highest BCUT2D eigenvalue weighted by Gasteiger charge is 2.45. The van der Waals surface area contributed by atoms with Crippen molar-refractivity contribution in [3.63, 3.8) is 0 Å². The first-order chi connectivity index (χ1) is 15.8. The summed E-state index contributed by atoms with van der Waals surface area (Å²) in [5.41, 5.74) is 3.02. The number of amides is 1. The molecular weight excluding hydrogens is 446 g/mol. The van der Waals surface area contributed by atoms with Gasteiger partial charge in [0.2, 0.25) is 0 Å². The van der Waals surface area contributed by atoms with Crippen LogP contribution in [0.3, 0.4) is 0 Å². The Balaban J connectivity index is 1.50. The van der Waals surface area contributed by atoms with Gasteiger partial charge in [-0.05, 0) is 35.9 Å². The van der Waals surface area contributed by atoms with Gasteiger partial charge in [0.25, 0.3) is 5.91 Å². The second-order valence-corrected chi connectivity index (χ2v) is 9.29. The van der Waals surface area contributed by atoms with Gasteiger partial charge in [0.05, 0.1) is 16.8 Å². The molecule has 1 aliphatic heterocycles. The third-order valence-electron chi connectivity index (χ3n) is 5.68. The van der Waals surface area contributed by atoms with E-state index in [9.17, 15) is 25.2 Å². The van der Waals surface area contributed by atoms with Gasteiger partial charge in [-0.25, -0.2) is 4.98 Å². The van der Waals surface area contributed by atoms with Gasteiger partial charge < -0.3 is 35.4 Å². The van der Waals surface area contributed by atoms with Gasteiger partial charge >= 0.3 is 0 Å². The number of carbonyl (C=O) groups is 1. The highest BCUT2D eigenvalue weighted by atomic mass is 32.1. The minimum atomic E-state index is -1.47. The molecule has 9 nitrogen and oxygen atoms in total. The number of hydrogen-bond donors (Lipinski definition) is 5. The molecule has 5 N–H and O–H groups in total. The third kappa shape index (κ3) is 4.86. The molecule has 2 aromatic carbocycles. The molecule has 1 aromatic heterocycles. The maximum Gasteiger partial charge on any atom is 0.251 e. The SMILES string of the molecule is CN(C)c1cccc(CNC(=O)c2ccc3sc([C@@H]4O[C@H](CO)[C@H](O)[C@H](O)[C@H]4O)nc3c2)c1. The van der Waals surface area contributed by atoms with E-state index in [1.165, 1.54) is 11.3 Å². The first kappa shape index (κ1) is 23.6. The number of ether oxygens (including phenoxy) is 1. The van der Waals surface area contributed by atoms with E-state index in [0.717, 1.165) is 16.0 Å². The Morgan fingerprint density at radius 2 is 1.91 bits per heavy atom. The van der Waals surface area contributed by atoms with Crippen LogP contribution in [0.25, 0.3) is 10.2 Å². The number of carbonyl (C=O) groups excluding carboxylic acids is 1. The van der Waals surface area contributed by atoms with E-state index < -0.39 is 37.1 Å². The van der Waals surface area contributed by atoms with Crippen molar-refractivity contribution in [3.05, 3.63) is 58.6 Å². The normalized spacial score (nSPS) is 25.2. The van der Waals surface area contributed by atoms with Crippen LogP contribution in [0.5, 0.6) is 0 Å². The van der Waals surface area contributed by atoms with Crippen molar-refractivity contribution in [1.29, 1.82) is 0 Å². The van der Waals surface area contributed by atoms with Gasteiger partial charge in [-0.3, -0.25) is 4.79 Å². The minimum absolute atomic E-state index is 0.241. The quantitative estimate of drug-likeness (QED) is 0.355. The fourth-order valence-corrected chi connectivity index (χ4v) is 4.77. The van der Waals surface area contributed by atoms with Crippen molar-refractivity contribution < 1.29 is 30.0 Å². The number of rotatable bonds is 6. The standard InChI is InChI=1S/C23H27N3O6S/c1-26(2)14-5-3-4-12(8-14)10-24-22(31)13-6-7-17-15(9-13)25-23(33-17)21-20(30)19(29)18(28)16(11-27)32-21/h3-9,16,18-21,27-30H,10-11H2,1-2H3,(H,24,31)/t16-,18+,19+,20-,21-/m1/s1. The molecule has 0 aliphatic carbocycles. The zero-order valence-electron chi connectivity index (χ0n) is 18.3. The molecule has 1 aliphatic rings. The summed E-state index contributed by atoms with van der Waals surface area (Å²) in [4.78, 5) is 19.2. The van der Waals surface area contributed by atoms with Crippen molar-refractivity contribution in [2.24, 2.45) is 0 Å². The molecular formula is C23H27N3O6S. The van der Waals surface area contributed by atoms with Crippen LogP contribution >= 0.6 is 11.3 Å². The molecule has 1 saturated heterocycles. The first-order valence-electron chi connectivity index (χ1n) is 10.5. The Labute approximate surface area is 194 Å². The third-order valence-corrected chi connectivity index (χ3v) is 6.78. The van der Waals surface area contributed by atoms with E-state index in [2.05, 4.69) is 10.3 Å². The molecule has 0 spiro atoms. The summed E-state index contributed by atoms with van der Waals surface area (Å²) in [7, 11) is 3.92. The molecule has 3 aromatic rings. The smallest absolute Gasteiger partial charge is 0.251 e. The van der Waals surface area contributed by atoms with Crippen molar-refractivity contribution in [2.75, 3.05) is 25.6 Å². The Morgan fingerprint density at radius 1 is 1.12 bits per heavy atom. The van der Waals surface area contributed by atoms with Crippen LogP contribution in [0.1, 0.15) is 27.0 Å². The van der Waals surface area contributed by atoms with Gasteiger partial charge in [0.1, 0.15) is 35.5 Å². The summed E-state index contributed by atoms with van der Waals surface area (Å²) in [6, 6.07) is 13.0. The van der Waals surface area contributed by atoms with Crippen LogP contribution in [0.4, 0.5) is 5.69 Å². The van der Waals surface area contributed by atoms with Gasteiger partial charge in [0, 0.05) is 31.9 Å². The number of aliphatic hydroxyl groups excluding tert-OH is 4. The second-order valence-electron chi connectivity index (χ2n) is 8.23. The number of hydrogen-bond acceptors (Lipinski definition) is 9. The molecule has 1 fully saturated rings. The number of aromatic nitrogens is 1. The summed E-state index contributed by atoms with van der Waals surface area (Å²) < 4.78 is 6.37. The highest BCUT2D eigenvalue weighted by Crippen LogP contribution is 2.36. The Kier molecular flexibility index (Phi) is 6.94. The lowest BCUT2D eigenvalue weighted by molar-refractivity contribution is -0.231. The number of nitrogens with zero attached hydrogens (tertiary/aromatic N) is 2. The van der Waals surface area contributed by atoms with Crippen molar-refractivity contribution in [2.45, 2.75) is 37.1 Å². The number of fused-ring (bicyclic) bond motifs is 1. The Bertz CT molecular complexity index is 1130. The van der Waals surface area contributed by atoms with Crippen molar-refractivity contribution in [3.8, 4) is 0 Å². The average Bonchev–Trinajstić information content (AvgIpc) is 3.24. The lowest BCUT2D eigenvalue weighted by Gasteiger charge is -2.39. The van der Waals surface area contributed by atoms with Gasteiger partial charge in [-0.1, -0.05) is 12.1 Å². The zero-order chi connectivity index (χ0) is 23.7. The average molecular weight is 474 g/mol. The number of aliphatic hydroxyl groups is 4. The molecule has 4 rings (SSSR count). The first-order valence-corrected chi connectivity index (χ1v) is 11.4. The number of anilines is 1. The predicted octanol–water partition coefficient (Wildman–Crippen LogP) is 0.807. The lowest BCUT2D eigenvalue weighted by Crippen LogP contribution is -2.55. The van der Waals surface area contributed by atoms with Crippen LogP contribution in [-0.2, 0) is 11.3 Å². The van der Waals surface area contributed by atoms with Crippen LogP contribution in [0, 0.1) is 0 Å². The Hall–Kier alpha value is -2.60. The fourth-order valence-electron chi connectivity index (χ4n) is 3.74. The van der Waals surface area contributed by atoms with Crippen LogP contribution in [-0.4, -0.2) is 76.4 Å². The van der Waals surface area contributed by atoms with Crippen molar-refractivity contribution in [1.82, 2.24) is 10.3 Å². The Morgan fingerprint density at radius 3 is 2.64 bits per heavy atom. The van der Waals surface area contributed by atoms with E-state index in [0.29, 0.717) is 22.6 Å². The molecule has 2 heterocycles. The van der Waals surface area contributed by atoms with E-state index in [1.54, 1.807) is 18.2 Å². The van der Waals surface area contributed by atoms with Crippen LogP contribution < -0.4 is 10.2 Å². The zero-order valence-corrected chi connectivity index (χ0v) is 19.1. The number of benzene rings is 2. The number of thiazole rings is 1. The molecule has 33 heavy (non-hydrogen) atoms. The molecule has 0 bridgehead atoms. The van der Waals surface area contributed by atoms with Crippen LogP contribution in [0.2, 0.25) is 0 Å². The molecule has 0 radical (unpaired) electrons. The maximum absolute atomic E-state index is 12.7. The molecule has 0 saturated carbocycles. The van der Waals surface area contributed by atoms with E-state index in [-0.39, 0.29) is 5.91 Å². The summed E-state index contributed by atoms with van der Waals surface area (Å²) in [6.07, 6.45) is -6.30. The second kappa shape index (κ2) is 9.72. The number of nitrogens with one attached hydrogen (secondary N) is 1. The van der Waals surface area contributed by atoms with Crippen LogP contribution in [0.15, 0.2) is 42.5 Å². The topological polar surface area (TPSA) is 135 Å². The lowest BCUT2D eigenvalue weighted by atomic mass is 9.95. The minimum Gasteiger partial charge on any atom is -0.394 e. The summed E-state index contributed by atoms with van der Waals surface area (Å²) in [5, 5.41) is 43.1. The maximum atomic E-state index is 12.7. The fraction of sp³-hybridized carbons (Fsp3) is 0.391. The summed E-state index contributed by atoms with van der Waals surface area (Å²) >= 11 is 1.25. The summed E-state index contributed by atoms with van der Waals surface area (Å²) in [5.74, 6) is -0.241. The van der Waals surface area contributed by atoms with Gasteiger partial charge in [0.15, 0.2) is 0 Å². The van der Waals surface area contributed by atoms with Gasteiger partial charge in [-0.2, -0.15) is 0 Å². The molecule has 1 amide bonds. The molecule has 176 valence electrons. The largest absolute Gasteiger partial charge is 0.394 e. The van der Waals surface area contributed by atoms with Gasteiger partial charge in [-0.15, -0.1) is 11.3 Å². The van der Waals surface area contributed by atoms with E-state index >= 15 is 0 Å².